The minimum absolute atomic E-state index is 0.0785. The number of aldehydes is 1. The smallest absolute Gasteiger partial charge is 0.331 e. The summed E-state index contributed by atoms with van der Waals surface area (Å²) >= 11 is 0. The standard InChI is InChI=1S/C62H79NO9/c1-36(37-11-5-6-12-37)40-18-21-48-55(67)57(25-22-43-27-42(19-20-47(43)57)39-13-3-2-4-14-39)33-59(34-64)51-23-26-58-24-10-9-16-38-15-7-8-17-41(38)30-50(63-35-65)45-28-44(53(58)46-31-52(66)72-54(45)46)32-60(58,69)62(51,71)56(68)49(29-40)61(48,59)70/h2-4,7-8,13-15,17,31,34,36-37,40,42-45,47-51,53-56,63,65,67-71H,5-6,10-12,18-30,32-33,35H2,1H3. The van der Waals surface area contributed by atoms with E-state index in [9.17, 15) is 35.4 Å². The van der Waals surface area contributed by atoms with Gasteiger partial charge < -0.3 is 40.2 Å². The minimum Gasteiger partial charge on any atom is -0.454 e. The number of hydrogen-bond donors (Lipinski definition) is 7. The number of esters is 1. The van der Waals surface area contributed by atoms with E-state index in [0.717, 1.165) is 74.4 Å². The van der Waals surface area contributed by atoms with Crippen LogP contribution in [-0.4, -0.2) is 90.8 Å². The van der Waals surface area contributed by atoms with Gasteiger partial charge in [0.25, 0.3) is 0 Å². The van der Waals surface area contributed by atoms with Gasteiger partial charge in [-0.2, -0.15) is 0 Å². The van der Waals surface area contributed by atoms with E-state index in [1.54, 1.807) is 6.08 Å². The van der Waals surface area contributed by atoms with Crippen molar-refractivity contribution in [2.45, 2.75) is 182 Å². The van der Waals surface area contributed by atoms with Crippen LogP contribution in [-0.2, 0) is 20.7 Å². The van der Waals surface area contributed by atoms with E-state index < -0.39 is 75.1 Å². The van der Waals surface area contributed by atoms with Crippen LogP contribution in [0.4, 0.5) is 0 Å². The van der Waals surface area contributed by atoms with Crippen LogP contribution < -0.4 is 5.32 Å². The highest BCUT2D eigenvalue weighted by atomic mass is 16.5. The van der Waals surface area contributed by atoms with Gasteiger partial charge in [0.2, 0.25) is 0 Å². The number of hydrogen-bond acceptors (Lipinski definition) is 10. The summed E-state index contributed by atoms with van der Waals surface area (Å²) in [5, 5.41) is 85.0. The summed E-state index contributed by atoms with van der Waals surface area (Å²) in [6.45, 7) is 2.05. The molecule has 2 spiro atoms. The van der Waals surface area contributed by atoms with Crippen molar-refractivity contribution in [3.63, 3.8) is 0 Å². The third-order valence-electron chi connectivity index (χ3n) is 24.3. The predicted octanol–water partition coefficient (Wildman–Crippen LogP) is 7.54. The monoisotopic (exact) mass is 982 g/mol. The van der Waals surface area contributed by atoms with Gasteiger partial charge in [0.1, 0.15) is 23.6 Å². The molecule has 2 aromatic carbocycles. The fourth-order valence-corrected chi connectivity index (χ4v) is 21.6. The van der Waals surface area contributed by atoms with Crippen molar-refractivity contribution < 1.29 is 45.0 Å². The molecule has 0 saturated heterocycles. The molecular formula is C62H79NO9. The van der Waals surface area contributed by atoms with Crippen molar-refractivity contribution in [3.05, 3.63) is 82.9 Å². The lowest BCUT2D eigenvalue weighted by atomic mass is 9.32. The maximum atomic E-state index is 15.3. The molecule has 21 unspecified atom stereocenters. The van der Waals surface area contributed by atoms with E-state index in [0.29, 0.717) is 62.7 Å². The molecule has 386 valence electrons. The quantitative estimate of drug-likeness (QED) is 0.0663. The van der Waals surface area contributed by atoms with Gasteiger partial charge in [-0.05, 0) is 166 Å². The number of aliphatic hydroxyl groups is 6. The van der Waals surface area contributed by atoms with Crippen LogP contribution in [0, 0.1) is 93.2 Å². The normalized spacial score (nSPS) is 49.4. The number of rotatable bonds is 6. The molecule has 0 radical (unpaired) electrons. The van der Waals surface area contributed by atoms with Crippen LogP contribution in [0.1, 0.15) is 152 Å². The maximum absolute atomic E-state index is 15.3. The number of carbonyl (C=O) groups excluding carboxylic acids is 2. The Hall–Kier alpha value is -3.40. The molecule has 10 nitrogen and oxygen atoms in total. The van der Waals surface area contributed by atoms with E-state index in [1.165, 1.54) is 18.4 Å². The summed E-state index contributed by atoms with van der Waals surface area (Å²) in [4.78, 5) is 29.0. The zero-order valence-electron chi connectivity index (χ0n) is 42.3. The van der Waals surface area contributed by atoms with Gasteiger partial charge >= 0.3 is 5.97 Å². The topological polar surface area (TPSA) is 177 Å². The third-order valence-corrected chi connectivity index (χ3v) is 24.3. The first kappa shape index (κ1) is 48.3. The second kappa shape index (κ2) is 17.3. The Bertz CT molecular complexity index is 2550. The zero-order valence-corrected chi connectivity index (χ0v) is 42.3. The molecule has 0 aromatic heterocycles. The number of nitrogens with one attached hydrogen (secondary N) is 1. The molecule has 1 aliphatic heterocycles. The van der Waals surface area contributed by atoms with Crippen LogP contribution in [0.25, 0.3) is 0 Å². The summed E-state index contributed by atoms with van der Waals surface area (Å²) in [6, 6.07) is 18.5. The Kier molecular flexibility index (Phi) is 11.6. The number of ether oxygens (including phenoxy) is 1. The van der Waals surface area contributed by atoms with E-state index >= 15 is 4.79 Å². The Morgan fingerprint density at radius 3 is 2.38 bits per heavy atom. The Morgan fingerprint density at radius 1 is 0.806 bits per heavy atom. The summed E-state index contributed by atoms with van der Waals surface area (Å²) in [7, 11) is 0. The molecule has 13 rings (SSSR count). The summed E-state index contributed by atoms with van der Waals surface area (Å²) < 4.78 is 6.30. The average Bonchev–Trinajstić information content (AvgIpc) is 4.17. The second-order valence-electron chi connectivity index (χ2n) is 26.2. The molecule has 10 heteroatoms. The van der Waals surface area contributed by atoms with Crippen molar-refractivity contribution in [1.82, 2.24) is 5.32 Å². The van der Waals surface area contributed by atoms with E-state index in [2.05, 4.69) is 60.5 Å². The number of benzene rings is 2. The number of fused-ring (bicyclic) bond motifs is 9. The van der Waals surface area contributed by atoms with Gasteiger partial charge in [-0.3, -0.25) is 5.32 Å². The van der Waals surface area contributed by atoms with Gasteiger partial charge in [-0.25, -0.2) is 4.79 Å². The summed E-state index contributed by atoms with van der Waals surface area (Å²) in [5.41, 5.74) is -5.27. The van der Waals surface area contributed by atoms with Crippen molar-refractivity contribution in [3.8, 4) is 11.8 Å². The highest BCUT2D eigenvalue weighted by Gasteiger charge is 2.87. The molecule has 0 amide bonds. The van der Waals surface area contributed by atoms with Gasteiger partial charge in [-0.1, -0.05) is 93.0 Å². The molecule has 11 aliphatic rings. The van der Waals surface area contributed by atoms with Gasteiger partial charge in [0.05, 0.1) is 30.0 Å². The molecule has 2 aromatic rings. The first-order valence-electron chi connectivity index (χ1n) is 28.7. The van der Waals surface area contributed by atoms with Crippen LogP contribution in [0.3, 0.4) is 0 Å². The van der Waals surface area contributed by atoms with Crippen molar-refractivity contribution in [2.75, 3.05) is 6.73 Å². The average molecular weight is 982 g/mol. The molecule has 4 bridgehead atoms. The molecule has 9 fully saturated rings. The van der Waals surface area contributed by atoms with Crippen LogP contribution >= 0.6 is 0 Å². The fraction of sp³-hybridized carbons (Fsp3) is 0.710. The first-order chi connectivity index (χ1) is 34.8. The highest BCUT2D eigenvalue weighted by molar-refractivity contribution is 5.86. The Balaban J connectivity index is 0.971. The Morgan fingerprint density at radius 2 is 1.58 bits per heavy atom. The fourth-order valence-electron chi connectivity index (χ4n) is 21.6. The molecule has 9 saturated carbocycles. The summed E-state index contributed by atoms with van der Waals surface area (Å²) in [5.74, 6) is 4.71. The lowest BCUT2D eigenvalue weighted by Gasteiger charge is -2.75. The molecule has 7 N–H and O–H groups in total. The largest absolute Gasteiger partial charge is 0.454 e. The lowest BCUT2D eigenvalue weighted by Crippen LogP contribution is -2.86. The van der Waals surface area contributed by atoms with Crippen LogP contribution in [0.15, 0.2) is 66.2 Å². The van der Waals surface area contributed by atoms with Crippen LogP contribution in [0.2, 0.25) is 0 Å². The summed E-state index contributed by atoms with van der Waals surface area (Å²) in [6.07, 6.45) is 13.3. The van der Waals surface area contributed by atoms with Gasteiger partial charge in [0.15, 0.2) is 0 Å². The van der Waals surface area contributed by atoms with Crippen molar-refractivity contribution in [1.29, 1.82) is 0 Å². The van der Waals surface area contributed by atoms with E-state index in [4.69, 9.17) is 4.74 Å². The van der Waals surface area contributed by atoms with Crippen LogP contribution in [0.5, 0.6) is 0 Å². The first-order valence-corrected chi connectivity index (χ1v) is 28.7. The number of carbonyl (C=O) groups is 2. The highest BCUT2D eigenvalue weighted by Crippen LogP contribution is 2.80. The maximum Gasteiger partial charge on any atom is 0.331 e. The molecule has 21 atom stereocenters. The Labute approximate surface area is 426 Å². The molecule has 1 heterocycles. The predicted molar refractivity (Wildman–Crippen MR) is 270 cm³/mol. The van der Waals surface area contributed by atoms with E-state index in [1.807, 2.05) is 18.2 Å². The molecule has 10 aliphatic carbocycles. The van der Waals surface area contributed by atoms with Gasteiger partial charge in [0, 0.05) is 58.6 Å². The van der Waals surface area contributed by atoms with Crippen molar-refractivity contribution in [2.24, 2.45) is 81.3 Å². The molecule has 72 heavy (non-hydrogen) atoms. The molecular weight excluding hydrogens is 903 g/mol. The van der Waals surface area contributed by atoms with Gasteiger partial charge in [-0.15, -0.1) is 0 Å². The lowest BCUT2D eigenvalue weighted by molar-refractivity contribution is -0.385. The van der Waals surface area contributed by atoms with Crippen molar-refractivity contribution >= 4 is 12.3 Å². The minimum atomic E-state index is -2.24. The SMILES string of the molecule is CC(C1CCCC1)C1CCC2C(O)C3(CCC4CC(c5ccccc5)CCC43)CC3(C=O)C4CCC56CCC#Cc7ccccc7CC(NCO)C7CC(CC5(O)C4(O)C(O)C(C1)C23O)C6C1=CC(=O)OC17. The van der Waals surface area contributed by atoms with E-state index in [-0.39, 0.29) is 67.5 Å². The second-order valence-corrected chi connectivity index (χ2v) is 26.2. The number of aliphatic hydroxyl groups excluding tert-OH is 3. The zero-order chi connectivity index (χ0) is 49.6. The third kappa shape index (κ3) is 6.34.